The zero-order valence-electron chi connectivity index (χ0n) is 19.4. The Bertz CT molecular complexity index is 997. The molecule has 2 aromatic rings. The summed E-state index contributed by atoms with van der Waals surface area (Å²) in [5.74, 6) is -1.17. The lowest BCUT2D eigenvalue weighted by atomic mass is 9.73. The fourth-order valence-corrected chi connectivity index (χ4v) is 5.44. The maximum absolute atomic E-state index is 14.4. The van der Waals surface area contributed by atoms with Crippen LogP contribution in [0.15, 0.2) is 48.5 Å². The molecular formula is C26H31F4N3O. The van der Waals surface area contributed by atoms with Gasteiger partial charge in [-0.1, -0.05) is 43.3 Å². The van der Waals surface area contributed by atoms with E-state index in [4.69, 9.17) is 0 Å². The largest absolute Gasteiger partial charge is 0.419 e. The molecule has 0 saturated carbocycles. The molecule has 4 rings (SSSR count). The van der Waals surface area contributed by atoms with Gasteiger partial charge in [-0.2, -0.15) is 13.2 Å². The summed E-state index contributed by atoms with van der Waals surface area (Å²) in [6.07, 6.45) is -0.914. The summed E-state index contributed by atoms with van der Waals surface area (Å²) >= 11 is 0. The molecule has 184 valence electrons. The summed E-state index contributed by atoms with van der Waals surface area (Å²) in [4.78, 5) is 17.1. The third-order valence-corrected chi connectivity index (χ3v) is 7.02. The monoisotopic (exact) mass is 477 g/mol. The van der Waals surface area contributed by atoms with E-state index in [0.29, 0.717) is 19.2 Å². The number of piperidine rings is 1. The molecule has 0 spiro atoms. The topological polar surface area (TPSA) is 35.6 Å². The smallest absolute Gasteiger partial charge is 0.324 e. The Kier molecular flexibility index (Phi) is 7.17. The highest BCUT2D eigenvalue weighted by Crippen LogP contribution is 2.40. The van der Waals surface area contributed by atoms with Crippen molar-refractivity contribution in [1.82, 2.24) is 9.80 Å². The number of likely N-dealkylation sites (tertiary alicyclic amines) is 1. The molecule has 4 nitrogen and oxygen atoms in total. The highest BCUT2D eigenvalue weighted by Gasteiger charge is 2.39. The van der Waals surface area contributed by atoms with Crippen molar-refractivity contribution in [2.75, 3.05) is 31.5 Å². The molecule has 2 fully saturated rings. The van der Waals surface area contributed by atoms with E-state index in [1.165, 1.54) is 11.6 Å². The first-order valence-corrected chi connectivity index (χ1v) is 11.8. The van der Waals surface area contributed by atoms with Crippen LogP contribution < -0.4 is 5.32 Å². The van der Waals surface area contributed by atoms with Gasteiger partial charge in [0.2, 0.25) is 0 Å². The number of alkyl halides is 3. The molecule has 2 aromatic carbocycles. The van der Waals surface area contributed by atoms with Gasteiger partial charge in [-0.05, 0) is 67.8 Å². The minimum atomic E-state index is -4.82. The van der Waals surface area contributed by atoms with Crippen LogP contribution in [0.25, 0.3) is 0 Å². The fraction of sp³-hybridized carbons (Fsp3) is 0.500. The summed E-state index contributed by atoms with van der Waals surface area (Å²) in [5.41, 5.74) is -0.617. The number of rotatable bonds is 3. The Morgan fingerprint density at radius 2 is 1.88 bits per heavy atom. The Balaban J connectivity index is 1.44. The Morgan fingerprint density at radius 1 is 1.12 bits per heavy atom. The third kappa shape index (κ3) is 5.90. The van der Waals surface area contributed by atoms with Crippen LogP contribution in [0.4, 0.5) is 28.0 Å². The first-order valence-electron chi connectivity index (χ1n) is 11.8. The number of carbonyl (C=O) groups is 1. The first-order chi connectivity index (χ1) is 16.1. The van der Waals surface area contributed by atoms with E-state index in [-0.39, 0.29) is 11.3 Å². The van der Waals surface area contributed by atoms with Crippen molar-refractivity contribution in [1.29, 1.82) is 0 Å². The first kappa shape index (κ1) is 24.5. The van der Waals surface area contributed by atoms with Crippen LogP contribution in [0.5, 0.6) is 0 Å². The zero-order chi connectivity index (χ0) is 24.3. The van der Waals surface area contributed by atoms with Crippen molar-refractivity contribution >= 4 is 11.7 Å². The van der Waals surface area contributed by atoms with Crippen LogP contribution in [0.1, 0.15) is 43.7 Å². The average Bonchev–Trinajstić information content (AvgIpc) is 2.82. The number of benzene rings is 2. The summed E-state index contributed by atoms with van der Waals surface area (Å²) in [6, 6.07) is 12.8. The van der Waals surface area contributed by atoms with E-state index in [1.54, 1.807) is 4.90 Å². The van der Waals surface area contributed by atoms with Gasteiger partial charge in [0.1, 0.15) is 0 Å². The standard InChI is InChI=1S/C26H31F4N3O/c1-25-12-6-13-32(16-19-7-3-2-4-8-19)14-11-20(15-25)17-33(18-25)24(34)31-22-10-5-9-21(23(22)27)26(28,29)30/h2-5,7-10,20H,6,11-18H2,1H3,(H,31,34)/t20?,25-/m0/s1. The minimum Gasteiger partial charge on any atom is -0.324 e. The SMILES string of the molecule is C[C@@]12CCCN(Cc3ccccc3)CCC(CN(C(=O)Nc3cccc(C(F)(F)F)c3F)C1)C2. The second-order valence-electron chi connectivity index (χ2n) is 10.0. The Labute approximate surface area is 197 Å². The number of amides is 2. The molecule has 2 aliphatic rings. The van der Waals surface area contributed by atoms with Crippen LogP contribution in [-0.2, 0) is 12.7 Å². The number of nitrogens with one attached hydrogen (secondary N) is 1. The van der Waals surface area contributed by atoms with Crippen molar-refractivity contribution in [3.05, 3.63) is 65.5 Å². The number of nitrogens with zero attached hydrogens (tertiary/aromatic N) is 2. The lowest BCUT2D eigenvalue weighted by molar-refractivity contribution is -0.139. The average molecular weight is 478 g/mol. The quantitative estimate of drug-likeness (QED) is 0.520. The van der Waals surface area contributed by atoms with Gasteiger partial charge in [0.05, 0.1) is 11.3 Å². The molecule has 2 saturated heterocycles. The molecule has 2 atom stereocenters. The molecule has 2 amide bonds. The number of anilines is 1. The predicted octanol–water partition coefficient (Wildman–Crippen LogP) is 6.39. The van der Waals surface area contributed by atoms with Gasteiger partial charge in [-0.25, -0.2) is 9.18 Å². The molecule has 2 heterocycles. The van der Waals surface area contributed by atoms with Crippen LogP contribution in [0, 0.1) is 17.2 Å². The van der Waals surface area contributed by atoms with Gasteiger partial charge in [0, 0.05) is 19.6 Å². The summed E-state index contributed by atoms with van der Waals surface area (Å²) in [6.45, 7) is 6.00. The lowest BCUT2D eigenvalue weighted by Crippen LogP contribution is -2.50. The van der Waals surface area contributed by atoms with Crippen LogP contribution >= 0.6 is 0 Å². The van der Waals surface area contributed by atoms with Crippen molar-refractivity contribution in [3.63, 3.8) is 0 Å². The number of urea groups is 1. The highest BCUT2D eigenvalue weighted by molar-refractivity contribution is 5.89. The van der Waals surface area contributed by atoms with Crippen LogP contribution in [0.3, 0.4) is 0 Å². The molecule has 8 heteroatoms. The van der Waals surface area contributed by atoms with Crippen molar-refractivity contribution in [2.24, 2.45) is 11.3 Å². The molecule has 34 heavy (non-hydrogen) atoms. The number of hydrogen-bond acceptors (Lipinski definition) is 2. The van der Waals surface area contributed by atoms with Crippen molar-refractivity contribution in [3.8, 4) is 0 Å². The lowest BCUT2D eigenvalue weighted by Gasteiger charge is -2.44. The number of carbonyl (C=O) groups excluding carboxylic acids is 1. The molecule has 1 unspecified atom stereocenters. The van der Waals surface area contributed by atoms with Gasteiger partial charge in [-0.15, -0.1) is 0 Å². The fourth-order valence-electron chi connectivity index (χ4n) is 5.44. The van der Waals surface area contributed by atoms with E-state index >= 15 is 0 Å². The van der Waals surface area contributed by atoms with E-state index in [0.717, 1.165) is 51.4 Å². The van der Waals surface area contributed by atoms with E-state index in [2.05, 4.69) is 29.3 Å². The molecule has 0 radical (unpaired) electrons. The van der Waals surface area contributed by atoms with Crippen molar-refractivity contribution in [2.45, 2.75) is 45.3 Å². The van der Waals surface area contributed by atoms with E-state index < -0.39 is 29.3 Å². The third-order valence-electron chi connectivity index (χ3n) is 7.02. The maximum atomic E-state index is 14.4. The van der Waals surface area contributed by atoms with Gasteiger partial charge < -0.3 is 10.2 Å². The minimum absolute atomic E-state index is 0.0740. The number of hydrogen-bond donors (Lipinski definition) is 1. The predicted molar refractivity (Wildman–Crippen MR) is 124 cm³/mol. The molecule has 0 aromatic heterocycles. The number of halogens is 4. The molecule has 2 bridgehead atoms. The van der Waals surface area contributed by atoms with Crippen molar-refractivity contribution < 1.29 is 22.4 Å². The van der Waals surface area contributed by atoms with Crippen LogP contribution in [-0.4, -0.2) is 42.0 Å². The van der Waals surface area contributed by atoms with Gasteiger partial charge in [0.15, 0.2) is 5.82 Å². The summed E-state index contributed by atoms with van der Waals surface area (Å²) < 4.78 is 53.6. The van der Waals surface area contributed by atoms with Gasteiger partial charge >= 0.3 is 12.2 Å². The second kappa shape index (κ2) is 9.94. The van der Waals surface area contributed by atoms with Crippen LogP contribution in [0.2, 0.25) is 0 Å². The molecular weight excluding hydrogens is 446 g/mol. The van der Waals surface area contributed by atoms with E-state index in [1.807, 2.05) is 18.2 Å². The summed E-state index contributed by atoms with van der Waals surface area (Å²) in [7, 11) is 0. The maximum Gasteiger partial charge on any atom is 0.419 e. The zero-order valence-corrected chi connectivity index (χ0v) is 19.4. The summed E-state index contributed by atoms with van der Waals surface area (Å²) in [5, 5.41) is 2.39. The number of fused-ring (bicyclic) bond motifs is 2. The van der Waals surface area contributed by atoms with Gasteiger partial charge in [-0.3, -0.25) is 4.90 Å². The van der Waals surface area contributed by atoms with E-state index in [9.17, 15) is 22.4 Å². The normalized spacial score (nSPS) is 24.1. The molecule has 0 aliphatic carbocycles. The highest BCUT2D eigenvalue weighted by atomic mass is 19.4. The Morgan fingerprint density at radius 3 is 2.62 bits per heavy atom. The second-order valence-corrected chi connectivity index (χ2v) is 10.0. The van der Waals surface area contributed by atoms with Gasteiger partial charge in [0.25, 0.3) is 0 Å². The molecule has 2 aliphatic heterocycles. The Hall–Kier alpha value is -2.61. The molecule has 1 N–H and O–H groups in total.